The van der Waals surface area contributed by atoms with Crippen LogP contribution < -0.4 is 10.6 Å². The molecule has 0 heterocycles. The third-order valence-electron chi connectivity index (χ3n) is 3.57. The molecule has 0 aromatic heterocycles. The topological polar surface area (TPSA) is 50.4 Å². The van der Waals surface area contributed by atoms with Gasteiger partial charge in [-0.1, -0.05) is 19.9 Å². The van der Waals surface area contributed by atoms with Gasteiger partial charge in [-0.15, -0.1) is 0 Å². The highest BCUT2D eigenvalue weighted by Crippen LogP contribution is 2.12. The minimum atomic E-state index is -0.847. The summed E-state index contributed by atoms with van der Waals surface area (Å²) in [5.74, 6) is -1.15. The summed E-state index contributed by atoms with van der Waals surface area (Å²) < 4.78 is 31.3. The molecule has 136 valence electrons. The van der Waals surface area contributed by atoms with Crippen LogP contribution >= 0.6 is 0 Å². The first kappa shape index (κ1) is 20.4. The second-order valence-corrected chi connectivity index (χ2v) is 7.27. The van der Waals surface area contributed by atoms with E-state index in [1.165, 1.54) is 6.07 Å². The van der Waals surface area contributed by atoms with E-state index in [0.29, 0.717) is 31.1 Å². The standard InChI is InChI=1S/C18H28F2N2O2/c1-12(2)14(11-22-17(23)24-18(3,4)5)10-21-9-13-6-7-15(19)16(20)8-13/h6-8,12,14,21H,9-11H2,1-5H3,(H,22,23). The van der Waals surface area contributed by atoms with Gasteiger partial charge in [0.25, 0.3) is 0 Å². The molecule has 2 N–H and O–H groups in total. The first-order valence-corrected chi connectivity index (χ1v) is 8.20. The highest BCUT2D eigenvalue weighted by molar-refractivity contribution is 5.67. The number of alkyl carbamates (subject to hydrolysis) is 1. The minimum absolute atomic E-state index is 0.197. The van der Waals surface area contributed by atoms with Gasteiger partial charge in [-0.2, -0.15) is 0 Å². The number of carbonyl (C=O) groups excluding carboxylic acids is 1. The third kappa shape index (κ3) is 7.73. The predicted molar refractivity (Wildman–Crippen MR) is 90.6 cm³/mol. The van der Waals surface area contributed by atoms with Crippen molar-refractivity contribution in [2.24, 2.45) is 11.8 Å². The Morgan fingerprint density at radius 3 is 2.38 bits per heavy atom. The zero-order valence-electron chi connectivity index (χ0n) is 15.1. The smallest absolute Gasteiger partial charge is 0.407 e. The van der Waals surface area contributed by atoms with Crippen molar-refractivity contribution in [1.29, 1.82) is 0 Å². The molecule has 0 aliphatic heterocycles. The summed E-state index contributed by atoms with van der Waals surface area (Å²) in [6, 6.07) is 3.86. The molecule has 1 aromatic carbocycles. The summed E-state index contributed by atoms with van der Waals surface area (Å²) in [5.41, 5.74) is 0.152. The second-order valence-electron chi connectivity index (χ2n) is 7.27. The molecule has 0 saturated carbocycles. The van der Waals surface area contributed by atoms with Crippen LogP contribution in [0.3, 0.4) is 0 Å². The maximum absolute atomic E-state index is 13.2. The summed E-state index contributed by atoms with van der Waals surface area (Å²) in [4.78, 5) is 11.7. The molecule has 0 radical (unpaired) electrons. The summed E-state index contributed by atoms with van der Waals surface area (Å²) in [6.45, 7) is 11.2. The average Bonchev–Trinajstić information content (AvgIpc) is 2.44. The molecule has 24 heavy (non-hydrogen) atoms. The summed E-state index contributed by atoms with van der Waals surface area (Å²) in [5, 5.41) is 6.00. The van der Waals surface area contributed by atoms with E-state index in [1.54, 1.807) is 6.07 Å². The molecule has 1 rings (SSSR count). The van der Waals surface area contributed by atoms with E-state index in [2.05, 4.69) is 24.5 Å². The molecular formula is C18H28F2N2O2. The maximum Gasteiger partial charge on any atom is 0.407 e. The van der Waals surface area contributed by atoms with Crippen LogP contribution in [0.4, 0.5) is 13.6 Å². The Bertz CT molecular complexity index is 542. The molecule has 0 spiro atoms. The van der Waals surface area contributed by atoms with Gasteiger partial charge >= 0.3 is 6.09 Å². The Kier molecular flexibility index (Phi) is 7.60. The number of nitrogens with one attached hydrogen (secondary N) is 2. The lowest BCUT2D eigenvalue weighted by Gasteiger charge is -2.24. The van der Waals surface area contributed by atoms with Crippen molar-refractivity contribution in [3.05, 3.63) is 35.4 Å². The van der Waals surface area contributed by atoms with Gasteiger partial charge in [0.05, 0.1) is 0 Å². The molecule has 1 unspecified atom stereocenters. The van der Waals surface area contributed by atoms with Gasteiger partial charge in [-0.25, -0.2) is 13.6 Å². The molecule has 6 heteroatoms. The van der Waals surface area contributed by atoms with Gasteiger partial charge in [0.1, 0.15) is 5.60 Å². The van der Waals surface area contributed by atoms with Gasteiger partial charge in [0.2, 0.25) is 0 Å². The molecular weight excluding hydrogens is 314 g/mol. The Labute approximate surface area is 143 Å². The Hall–Kier alpha value is -1.69. The van der Waals surface area contributed by atoms with Crippen LogP contribution in [0.5, 0.6) is 0 Å². The van der Waals surface area contributed by atoms with E-state index in [-0.39, 0.29) is 5.92 Å². The molecule has 0 aliphatic rings. The molecule has 1 aromatic rings. The lowest BCUT2D eigenvalue weighted by Crippen LogP contribution is -2.39. The van der Waals surface area contributed by atoms with E-state index < -0.39 is 23.3 Å². The second kappa shape index (κ2) is 8.97. The predicted octanol–water partition coefficient (Wildman–Crippen LogP) is 3.85. The number of rotatable bonds is 7. The largest absolute Gasteiger partial charge is 0.444 e. The number of ether oxygens (including phenoxy) is 1. The third-order valence-corrected chi connectivity index (χ3v) is 3.57. The van der Waals surface area contributed by atoms with Crippen LogP contribution in [0, 0.1) is 23.5 Å². The number of amides is 1. The lowest BCUT2D eigenvalue weighted by atomic mass is 9.95. The first-order chi connectivity index (χ1) is 11.1. The Morgan fingerprint density at radius 1 is 1.17 bits per heavy atom. The van der Waals surface area contributed by atoms with Gasteiger partial charge in [0.15, 0.2) is 11.6 Å². The minimum Gasteiger partial charge on any atom is -0.444 e. The van der Waals surface area contributed by atoms with Gasteiger partial charge in [0, 0.05) is 19.6 Å². The van der Waals surface area contributed by atoms with E-state index >= 15 is 0 Å². The fourth-order valence-electron chi connectivity index (χ4n) is 2.12. The normalized spacial score (nSPS) is 13.0. The molecule has 1 atom stereocenters. The highest BCUT2D eigenvalue weighted by Gasteiger charge is 2.19. The van der Waals surface area contributed by atoms with E-state index in [0.717, 1.165) is 6.07 Å². The Morgan fingerprint density at radius 2 is 1.83 bits per heavy atom. The van der Waals surface area contributed by atoms with Crippen molar-refractivity contribution >= 4 is 6.09 Å². The molecule has 0 fully saturated rings. The van der Waals surface area contributed by atoms with Crippen LogP contribution in [0.1, 0.15) is 40.2 Å². The first-order valence-electron chi connectivity index (χ1n) is 8.20. The summed E-state index contributed by atoms with van der Waals surface area (Å²) in [7, 11) is 0. The van der Waals surface area contributed by atoms with Crippen molar-refractivity contribution < 1.29 is 18.3 Å². The monoisotopic (exact) mass is 342 g/mol. The number of hydrogen-bond acceptors (Lipinski definition) is 3. The van der Waals surface area contributed by atoms with Crippen LogP contribution in [-0.4, -0.2) is 24.8 Å². The Balaban J connectivity index is 2.43. The zero-order valence-corrected chi connectivity index (χ0v) is 15.1. The van der Waals surface area contributed by atoms with Crippen LogP contribution in [0.25, 0.3) is 0 Å². The lowest BCUT2D eigenvalue weighted by molar-refractivity contribution is 0.0515. The number of carbonyl (C=O) groups is 1. The maximum atomic E-state index is 13.2. The van der Waals surface area contributed by atoms with Gasteiger partial charge in [-0.3, -0.25) is 0 Å². The highest BCUT2D eigenvalue weighted by atomic mass is 19.2. The zero-order chi connectivity index (χ0) is 18.3. The molecule has 0 saturated heterocycles. The summed E-state index contributed by atoms with van der Waals surface area (Å²) in [6.07, 6.45) is -0.436. The number of halogens is 2. The average molecular weight is 342 g/mol. The summed E-state index contributed by atoms with van der Waals surface area (Å²) >= 11 is 0. The molecule has 4 nitrogen and oxygen atoms in total. The van der Waals surface area contributed by atoms with Gasteiger partial charge < -0.3 is 15.4 Å². The van der Waals surface area contributed by atoms with Crippen LogP contribution in [0.15, 0.2) is 18.2 Å². The van der Waals surface area contributed by atoms with E-state index in [4.69, 9.17) is 4.74 Å². The molecule has 1 amide bonds. The molecule has 0 bridgehead atoms. The van der Waals surface area contributed by atoms with Crippen LogP contribution in [-0.2, 0) is 11.3 Å². The number of hydrogen-bond donors (Lipinski definition) is 2. The SMILES string of the molecule is CC(C)C(CNCc1ccc(F)c(F)c1)CNC(=O)OC(C)(C)C. The quantitative estimate of drug-likeness (QED) is 0.791. The van der Waals surface area contributed by atoms with E-state index in [1.807, 2.05) is 20.8 Å². The van der Waals surface area contributed by atoms with Crippen molar-refractivity contribution in [3.63, 3.8) is 0 Å². The van der Waals surface area contributed by atoms with E-state index in [9.17, 15) is 13.6 Å². The van der Waals surface area contributed by atoms with Gasteiger partial charge in [-0.05, 0) is 50.3 Å². The van der Waals surface area contributed by atoms with Crippen LogP contribution in [0.2, 0.25) is 0 Å². The fraction of sp³-hybridized carbons (Fsp3) is 0.611. The van der Waals surface area contributed by atoms with Crippen molar-refractivity contribution in [1.82, 2.24) is 10.6 Å². The fourth-order valence-corrected chi connectivity index (χ4v) is 2.12. The molecule has 0 aliphatic carbocycles. The van der Waals surface area contributed by atoms with Crippen molar-refractivity contribution in [2.45, 2.75) is 46.8 Å². The van der Waals surface area contributed by atoms with Crippen molar-refractivity contribution in [3.8, 4) is 0 Å². The van der Waals surface area contributed by atoms with Crippen molar-refractivity contribution in [2.75, 3.05) is 13.1 Å². The number of benzene rings is 1.